The highest BCUT2D eigenvalue weighted by molar-refractivity contribution is 6.08. The second-order valence-corrected chi connectivity index (χ2v) is 5.66. The third-order valence-electron chi connectivity index (χ3n) is 4.26. The molecule has 1 saturated heterocycles. The molecule has 1 spiro atoms. The first-order valence-electron chi connectivity index (χ1n) is 7.31. The monoisotopic (exact) mass is 282 g/mol. The number of rotatable bonds is 4. The van der Waals surface area contributed by atoms with Gasteiger partial charge in [-0.15, -0.1) is 0 Å². The minimum absolute atomic E-state index is 0.101. The lowest BCUT2D eigenvalue weighted by atomic mass is 9.73. The Bertz CT molecular complexity index is 423. The van der Waals surface area contributed by atoms with E-state index in [0.29, 0.717) is 19.4 Å². The number of ether oxygens (including phenoxy) is 1. The van der Waals surface area contributed by atoms with Crippen molar-refractivity contribution in [1.82, 2.24) is 10.2 Å². The third kappa shape index (κ3) is 2.51. The van der Waals surface area contributed by atoms with Crippen LogP contribution in [0, 0.1) is 5.92 Å². The average Bonchev–Trinajstić information content (AvgIpc) is 2.65. The molecule has 1 saturated carbocycles. The van der Waals surface area contributed by atoms with Crippen LogP contribution in [-0.2, 0) is 14.3 Å². The maximum atomic E-state index is 12.5. The van der Waals surface area contributed by atoms with Crippen molar-refractivity contribution < 1.29 is 19.1 Å². The second kappa shape index (κ2) is 5.81. The second-order valence-electron chi connectivity index (χ2n) is 5.66. The molecule has 1 N–H and O–H groups in total. The number of nitrogens with zero attached hydrogens (tertiary/aromatic N) is 1. The first kappa shape index (κ1) is 14.8. The smallest absolute Gasteiger partial charge is 0.326 e. The summed E-state index contributed by atoms with van der Waals surface area (Å²) in [7, 11) is 0. The summed E-state index contributed by atoms with van der Waals surface area (Å²) in [6.07, 6.45) is 4.28. The first-order valence-corrected chi connectivity index (χ1v) is 7.31. The lowest BCUT2D eigenvalue weighted by Crippen LogP contribution is -2.54. The minimum Gasteiger partial charge on any atom is -0.464 e. The van der Waals surface area contributed by atoms with Gasteiger partial charge in [-0.3, -0.25) is 14.5 Å². The lowest BCUT2D eigenvalue weighted by molar-refractivity contribution is -0.148. The normalized spacial score (nSPS) is 29.7. The van der Waals surface area contributed by atoms with Crippen molar-refractivity contribution in [2.75, 3.05) is 13.2 Å². The largest absolute Gasteiger partial charge is 0.464 e. The van der Waals surface area contributed by atoms with Gasteiger partial charge in [0.2, 0.25) is 0 Å². The van der Waals surface area contributed by atoms with E-state index in [2.05, 4.69) is 5.32 Å². The van der Waals surface area contributed by atoms with Gasteiger partial charge in [0, 0.05) is 0 Å². The van der Waals surface area contributed by atoms with Crippen LogP contribution in [0.15, 0.2) is 0 Å². The van der Waals surface area contributed by atoms with Crippen LogP contribution >= 0.6 is 0 Å². The quantitative estimate of drug-likeness (QED) is 0.625. The molecule has 0 bridgehead atoms. The molecular formula is C14H22N2O4. The van der Waals surface area contributed by atoms with Gasteiger partial charge >= 0.3 is 12.0 Å². The van der Waals surface area contributed by atoms with E-state index in [4.69, 9.17) is 4.74 Å². The Morgan fingerprint density at radius 1 is 1.45 bits per heavy atom. The Balaban J connectivity index is 2.07. The zero-order valence-electron chi connectivity index (χ0n) is 12.1. The molecule has 1 heterocycles. The summed E-state index contributed by atoms with van der Waals surface area (Å²) in [5.41, 5.74) is -0.805. The number of amides is 3. The van der Waals surface area contributed by atoms with Crippen LogP contribution in [0.1, 0.15) is 46.0 Å². The summed E-state index contributed by atoms with van der Waals surface area (Å²) >= 11 is 0. The highest BCUT2D eigenvalue weighted by Crippen LogP contribution is 2.38. The number of imide groups is 1. The van der Waals surface area contributed by atoms with E-state index >= 15 is 0 Å². The maximum Gasteiger partial charge on any atom is 0.326 e. The van der Waals surface area contributed by atoms with Gasteiger partial charge in [-0.25, -0.2) is 4.79 Å². The number of hydrogen-bond donors (Lipinski definition) is 1. The Morgan fingerprint density at radius 2 is 2.20 bits per heavy atom. The molecule has 1 aliphatic carbocycles. The number of hydrogen-bond acceptors (Lipinski definition) is 4. The molecule has 2 aliphatic rings. The van der Waals surface area contributed by atoms with E-state index in [1.165, 1.54) is 0 Å². The molecule has 6 nitrogen and oxygen atoms in total. The molecule has 3 amide bonds. The van der Waals surface area contributed by atoms with Crippen LogP contribution < -0.4 is 5.32 Å². The van der Waals surface area contributed by atoms with Crippen molar-refractivity contribution in [3.05, 3.63) is 0 Å². The molecule has 20 heavy (non-hydrogen) atoms. The number of urea groups is 1. The molecule has 2 fully saturated rings. The Kier molecular flexibility index (Phi) is 4.30. The summed E-state index contributed by atoms with van der Waals surface area (Å²) in [5.74, 6) is -0.705. The van der Waals surface area contributed by atoms with Gasteiger partial charge in [-0.05, 0) is 25.2 Å². The van der Waals surface area contributed by atoms with Crippen molar-refractivity contribution in [1.29, 1.82) is 0 Å². The molecule has 0 aromatic heterocycles. The molecule has 2 atom stereocenters. The molecule has 2 unspecified atom stereocenters. The predicted molar refractivity (Wildman–Crippen MR) is 71.9 cm³/mol. The van der Waals surface area contributed by atoms with E-state index in [-0.39, 0.29) is 18.4 Å². The fourth-order valence-electron chi connectivity index (χ4n) is 3.03. The van der Waals surface area contributed by atoms with Gasteiger partial charge < -0.3 is 10.1 Å². The van der Waals surface area contributed by atoms with E-state index in [9.17, 15) is 14.4 Å². The number of esters is 1. The summed E-state index contributed by atoms with van der Waals surface area (Å²) in [6, 6.07) is -0.475. The summed E-state index contributed by atoms with van der Waals surface area (Å²) < 4.78 is 4.94. The van der Waals surface area contributed by atoms with Crippen molar-refractivity contribution in [3.8, 4) is 0 Å². The molecular weight excluding hydrogens is 260 g/mol. The van der Waals surface area contributed by atoms with E-state index in [1.807, 2.05) is 13.8 Å². The van der Waals surface area contributed by atoms with Crippen LogP contribution in [0.25, 0.3) is 0 Å². The average molecular weight is 282 g/mol. The highest BCUT2D eigenvalue weighted by atomic mass is 16.5. The number of carbonyl (C=O) groups excluding carboxylic acids is 3. The van der Waals surface area contributed by atoms with Gasteiger partial charge in [-0.1, -0.05) is 26.7 Å². The Morgan fingerprint density at radius 3 is 2.85 bits per heavy atom. The number of carbonyl (C=O) groups is 3. The molecule has 112 valence electrons. The first-order chi connectivity index (χ1) is 9.51. The van der Waals surface area contributed by atoms with Crippen LogP contribution in [0.3, 0.4) is 0 Å². The summed E-state index contributed by atoms with van der Waals surface area (Å²) in [4.78, 5) is 37.2. The molecule has 0 radical (unpaired) electrons. The van der Waals surface area contributed by atoms with Crippen LogP contribution in [0.5, 0.6) is 0 Å². The van der Waals surface area contributed by atoms with Crippen LogP contribution in [-0.4, -0.2) is 41.5 Å². The SMILES string of the molecule is CCCOC(=O)CN1C(=O)NC2(CCCCC2C)C1=O. The van der Waals surface area contributed by atoms with Gasteiger partial charge in [0.05, 0.1) is 6.61 Å². The summed E-state index contributed by atoms with van der Waals surface area (Å²) in [5, 5.41) is 2.81. The number of nitrogens with one attached hydrogen (secondary N) is 1. The predicted octanol–water partition coefficient (Wildman–Crippen LogP) is 1.44. The van der Waals surface area contributed by atoms with Gasteiger partial charge in [-0.2, -0.15) is 0 Å². The Labute approximate surface area is 118 Å². The molecule has 0 aromatic rings. The van der Waals surface area contributed by atoms with Gasteiger partial charge in [0.15, 0.2) is 0 Å². The Hall–Kier alpha value is -1.59. The van der Waals surface area contributed by atoms with E-state index in [0.717, 1.165) is 24.2 Å². The molecule has 0 aromatic carbocycles. The topological polar surface area (TPSA) is 75.7 Å². The van der Waals surface area contributed by atoms with Crippen molar-refractivity contribution in [2.45, 2.75) is 51.5 Å². The maximum absolute atomic E-state index is 12.5. The van der Waals surface area contributed by atoms with Crippen LogP contribution in [0.4, 0.5) is 4.79 Å². The third-order valence-corrected chi connectivity index (χ3v) is 4.26. The van der Waals surface area contributed by atoms with E-state index < -0.39 is 17.5 Å². The molecule has 6 heteroatoms. The zero-order chi connectivity index (χ0) is 14.8. The molecule has 2 rings (SSSR count). The van der Waals surface area contributed by atoms with Crippen molar-refractivity contribution in [2.24, 2.45) is 5.92 Å². The van der Waals surface area contributed by atoms with Crippen LogP contribution in [0.2, 0.25) is 0 Å². The van der Waals surface area contributed by atoms with Crippen molar-refractivity contribution >= 4 is 17.9 Å². The van der Waals surface area contributed by atoms with Crippen molar-refractivity contribution in [3.63, 3.8) is 0 Å². The lowest BCUT2D eigenvalue weighted by Gasteiger charge is -2.36. The summed E-state index contributed by atoms with van der Waals surface area (Å²) in [6.45, 7) is 3.89. The fourth-order valence-corrected chi connectivity index (χ4v) is 3.03. The van der Waals surface area contributed by atoms with Gasteiger partial charge in [0.25, 0.3) is 5.91 Å². The van der Waals surface area contributed by atoms with Gasteiger partial charge in [0.1, 0.15) is 12.1 Å². The zero-order valence-corrected chi connectivity index (χ0v) is 12.1. The highest BCUT2D eigenvalue weighted by Gasteiger charge is 2.55. The van der Waals surface area contributed by atoms with E-state index in [1.54, 1.807) is 0 Å². The standard InChI is InChI=1S/C14H22N2O4/c1-3-8-20-11(17)9-16-12(18)14(15-13(16)19)7-5-4-6-10(14)2/h10H,3-9H2,1-2H3,(H,15,19). The fraction of sp³-hybridized carbons (Fsp3) is 0.786. The minimum atomic E-state index is -0.805. The molecule has 1 aliphatic heterocycles.